The van der Waals surface area contributed by atoms with Crippen LogP contribution in [0.15, 0.2) is 24.3 Å². The molecule has 2 rings (SSSR count). The highest BCUT2D eigenvalue weighted by atomic mass is 19.4. The molecule has 0 radical (unpaired) electrons. The van der Waals surface area contributed by atoms with Gasteiger partial charge in [-0.25, -0.2) is 4.39 Å². The van der Waals surface area contributed by atoms with Gasteiger partial charge in [0.05, 0.1) is 5.92 Å². The predicted octanol–water partition coefficient (Wildman–Crippen LogP) is 4.04. The number of rotatable bonds is 3. The second-order valence-corrected chi connectivity index (χ2v) is 5.10. The van der Waals surface area contributed by atoms with Crippen molar-refractivity contribution in [2.45, 2.75) is 44.4 Å². The third-order valence-corrected chi connectivity index (χ3v) is 3.70. The summed E-state index contributed by atoms with van der Waals surface area (Å²) in [5, 5.41) is 3.24. The van der Waals surface area contributed by atoms with Gasteiger partial charge in [0.15, 0.2) is 0 Å². The van der Waals surface area contributed by atoms with Crippen LogP contribution >= 0.6 is 0 Å². The summed E-state index contributed by atoms with van der Waals surface area (Å²) in [5.41, 5.74) is 0.944. The highest BCUT2D eigenvalue weighted by Gasteiger charge is 2.41. The van der Waals surface area contributed by atoms with Crippen molar-refractivity contribution in [2.75, 3.05) is 0 Å². The Morgan fingerprint density at radius 1 is 1.00 bits per heavy atom. The molecule has 0 aromatic heterocycles. The average Bonchev–Trinajstić information content (AvgIpc) is 2.37. The first-order chi connectivity index (χ1) is 8.95. The molecule has 5 heteroatoms. The molecule has 0 atom stereocenters. The number of alkyl halides is 3. The van der Waals surface area contributed by atoms with Gasteiger partial charge in [0.2, 0.25) is 0 Å². The van der Waals surface area contributed by atoms with Gasteiger partial charge >= 0.3 is 6.18 Å². The summed E-state index contributed by atoms with van der Waals surface area (Å²) in [4.78, 5) is 0. The molecule has 1 fully saturated rings. The largest absolute Gasteiger partial charge is 0.391 e. The van der Waals surface area contributed by atoms with E-state index in [0.29, 0.717) is 19.4 Å². The number of hydrogen-bond donors (Lipinski definition) is 1. The Morgan fingerprint density at radius 2 is 1.58 bits per heavy atom. The fraction of sp³-hybridized carbons (Fsp3) is 0.571. The zero-order chi connectivity index (χ0) is 13.9. The van der Waals surface area contributed by atoms with E-state index in [1.807, 2.05) is 0 Å². The smallest absolute Gasteiger partial charge is 0.310 e. The maximum Gasteiger partial charge on any atom is 0.391 e. The van der Waals surface area contributed by atoms with Crippen LogP contribution in [0.1, 0.15) is 31.2 Å². The Hall–Kier alpha value is -1.10. The third-order valence-electron chi connectivity index (χ3n) is 3.70. The van der Waals surface area contributed by atoms with Crippen LogP contribution in [0.25, 0.3) is 0 Å². The van der Waals surface area contributed by atoms with Crippen molar-refractivity contribution >= 4 is 0 Å². The summed E-state index contributed by atoms with van der Waals surface area (Å²) in [7, 11) is 0. The minimum atomic E-state index is -4.05. The zero-order valence-corrected chi connectivity index (χ0v) is 10.5. The molecule has 1 aliphatic rings. The molecule has 1 aliphatic carbocycles. The Balaban J connectivity index is 1.75. The van der Waals surface area contributed by atoms with Gasteiger partial charge in [-0.15, -0.1) is 0 Å². The molecule has 106 valence electrons. The molecule has 1 nitrogen and oxygen atoms in total. The summed E-state index contributed by atoms with van der Waals surface area (Å²) < 4.78 is 50.2. The second-order valence-electron chi connectivity index (χ2n) is 5.10. The molecule has 19 heavy (non-hydrogen) atoms. The summed E-state index contributed by atoms with van der Waals surface area (Å²) in [6.45, 7) is 0.571. The highest BCUT2D eigenvalue weighted by Crippen LogP contribution is 2.37. The first-order valence-corrected chi connectivity index (χ1v) is 6.49. The van der Waals surface area contributed by atoms with E-state index < -0.39 is 12.1 Å². The Labute approximate surface area is 110 Å². The predicted molar refractivity (Wildman–Crippen MR) is 65.0 cm³/mol. The lowest BCUT2D eigenvalue weighted by atomic mass is 9.85. The molecule has 0 heterocycles. The molecule has 1 aromatic carbocycles. The van der Waals surface area contributed by atoms with Crippen molar-refractivity contribution in [1.82, 2.24) is 5.32 Å². The van der Waals surface area contributed by atoms with Crippen LogP contribution in [-0.2, 0) is 6.54 Å². The number of benzene rings is 1. The minimum Gasteiger partial charge on any atom is -0.310 e. The molecule has 1 aromatic rings. The van der Waals surface area contributed by atoms with Crippen LogP contribution in [0.5, 0.6) is 0 Å². The van der Waals surface area contributed by atoms with E-state index in [2.05, 4.69) is 5.32 Å². The molecule has 0 amide bonds. The minimum absolute atomic E-state index is 0.128. The van der Waals surface area contributed by atoms with Gasteiger partial charge in [-0.3, -0.25) is 0 Å². The van der Waals surface area contributed by atoms with Crippen molar-refractivity contribution in [1.29, 1.82) is 0 Å². The van der Waals surface area contributed by atoms with Crippen LogP contribution in [0, 0.1) is 11.7 Å². The van der Waals surface area contributed by atoms with Crippen molar-refractivity contribution in [2.24, 2.45) is 5.92 Å². The van der Waals surface area contributed by atoms with Crippen molar-refractivity contribution < 1.29 is 17.6 Å². The lowest BCUT2D eigenvalue weighted by Crippen LogP contribution is -2.36. The van der Waals surface area contributed by atoms with E-state index in [-0.39, 0.29) is 24.7 Å². The number of hydrogen-bond acceptors (Lipinski definition) is 1. The molecule has 1 saturated carbocycles. The summed E-state index contributed by atoms with van der Waals surface area (Å²) >= 11 is 0. The van der Waals surface area contributed by atoms with Crippen LogP contribution in [0.4, 0.5) is 17.6 Å². The van der Waals surface area contributed by atoms with Crippen LogP contribution in [0.2, 0.25) is 0 Å². The molecule has 1 N–H and O–H groups in total. The quantitative estimate of drug-likeness (QED) is 0.821. The fourth-order valence-corrected chi connectivity index (χ4v) is 2.49. The van der Waals surface area contributed by atoms with E-state index in [4.69, 9.17) is 0 Å². The standard InChI is InChI=1S/C14H17F4N/c15-12-5-1-10(2-6-12)9-19-13-7-3-11(4-8-13)14(16,17)18/h1-2,5-6,11,13,19H,3-4,7-9H2. The lowest BCUT2D eigenvalue weighted by molar-refractivity contribution is -0.182. The Bertz CT molecular complexity index is 391. The molecule has 0 unspecified atom stereocenters. The van der Waals surface area contributed by atoms with Crippen LogP contribution in [0.3, 0.4) is 0 Å². The van der Waals surface area contributed by atoms with Crippen molar-refractivity contribution in [3.63, 3.8) is 0 Å². The van der Waals surface area contributed by atoms with Gasteiger partial charge in [-0.05, 0) is 43.4 Å². The van der Waals surface area contributed by atoms with Gasteiger partial charge < -0.3 is 5.32 Å². The maximum absolute atomic E-state index is 12.7. The monoisotopic (exact) mass is 275 g/mol. The molecule has 0 saturated heterocycles. The van der Waals surface area contributed by atoms with Gasteiger partial charge in [-0.1, -0.05) is 12.1 Å². The summed E-state index contributed by atoms with van der Waals surface area (Å²) in [6, 6.07) is 6.27. The second kappa shape index (κ2) is 5.90. The van der Waals surface area contributed by atoms with E-state index in [9.17, 15) is 17.6 Å². The van der Waals surface area contributed by atoms with Crippen LogP contribution in [-0.4, -0.2) is 12.2 Å². The first-order valence-electron chi connectivity index (χ1n) is 6.49. The number of halogens is 4. The highest BCUT2D eigenvalue weighted by molar-refractivity contribution is 5.15. The topological polar surface area (TPSA) is 12.0 Å². The van der Waals surface area contributed by atoms with Crippen molar-refractivity contribution in [3.05, 3.63) is 35.6 Å². The van der Waals surface area contributed by atoms with Gasteiger partial charge in [0.25, 0.3) is 0 Å². The van der Waals surface area contributed by atoms with E-state index in [1.165, 1.54) is 12.1 Å². The lowest BCUT2D eigenvalue weighted by Gasteiger charge is -2.30. The number of nitrogens with one attached hydrogen (secondary N) is 1. The summed E-state index contributed by atoms with van der Waals surface area (Å²) in [6.07, 6.45) is -2.56. The van der Waals surface area contributed by atoms with E-state index in [1.54, 1.807) is 12.1 Å². The van der Waals surface area contributed by atoms with Gasteiger partial charge in [0.1, 0.15) is 5.82 Å². The van der Waals surface area contributed by atoms with Gasteiger partial charge in [-0.2, -0.15) is 13.2 Å². The van der Waals surface area contributed by atoms with E-state index in [0.717, 1.165) is 5.56 Å². The Morgan fingerprint density at radius 3 is 2.11 bits per heavy atom. The Kier molecular flexibility index (Phi) is 4.45. The zero-order valence-electron chi connectivity index (χ0n) is 10.5. The molecular formula is C14H17F4N. The fourth-order valence-electron chi connectivity index (χ4n) is 2.49. The normalized spacial score (nSPS) is 24.4. The first kappa shape index (κ1) is 14.3. The molecule has 0 aliphatic heterocycles. The SMILES string of the molecule is Fc1ccc(CNC2CCC(C(F)(F)F)CC2)cc1. The van der Waals surface area contributed by atoms with Crippen LogP contribution < -0.4 is 5.32 Å². The van der Waals surface area contributed by atoms with E-state index >= 15 is 0 Å². The summed E-state index contributed by atoms with van der Waals surface area (Å²) in [5.74, 6) is -1.43. The maximum atomic E-state index is 12.7. The third kappa shape index (κ3) is 4.20. The average molecular weight is 275 g/mol. The van der Waals surface area contributed by atoms with Gasteiger partial charge in [0, 0.05) is 12.6 Å². The molecule has 0 bridgehead atoms. The molecule has 0 spiro atoms. The van der Waals surface area contributed by atoms with Crippen molar-refractivity contribution in [3.8, 4) is 0 Å². The molecular weight excluding hydrogens is 258 g/mol.